The molecule has 1 fully saturated rings. The number of fused-ring (bicyclic) bond motifs is 1. The van der Waals surface area contributed by atoms with Crippen LogP contribution < -0.4 is 10.6 Å². The molecule has 0 aliphatic carbocycles. The summed E-state index contributed by atoms with van der Waals surface area (Å²) < 4.78 is 26.9. The van der Waals surface area contributed by atoms with E-state index in [0.29, 0.717) is 48.4 Å². The van der Waals surface area contributed by atoms with Crippen molar-refractivity contribution < 1.29 is 8.42 Å². The molecule has 154 valence electrons. The lowest BCUT2D eigenvalue weighted by molar-refractivity contribution is 0.384. The Kier molecular flexibility index (Phi) is 4.65. The van der Waals surface area contributed by atoms with Gasteiger partial charge in [0.05, 0.1) is 22.1 Å². The summed E-state index contributed by atoms with van der Waals surface area (Å²) in [7, 11) is -3.45. The number of nitrogen functional groups attached to an aromatic ring is 1. The van der Waals surface area contributed by atoms with Gasteiger partial charge in [-0.3, -0.25) is 0 Å². The smallest absolute Gasteiger partial charge is 0.244 e. The van der Waals surface area contributed by atoms with Crippen molar-refractivity contribution in [2.45, 2.75) is 4.90 Å². The normalized spacial score (nSPS) is 15.7. The molecule has 0 spiro atoms. The van der Waals surface area contributed by atoms with Gasteiger partial charge in [0.25, 0.3) is 0 Å². The molecule has 5 rings (SSSR count). The third kappa shape index (κ3) is 3.30. The second-order valence-corrected chi connectivity index (χ2v) is 9.63. The van der Waals surface area contributed by atoms with Gasteiger partial charge >= 0.3 is 0 Å². The van der Waals surface area contributed by atoms with Crippen molar-refractivity contribution in [3.8, 4) is 11.5 Å². The molecule has 1 saturated heterocycles. The first-order valence-electron chi connectivity index (χ1n) is 9.37. The first kappa shape index (κ1) is 19.0. The second kappa shape index (κ2) is 7.35. The minimum absolute atomic E-state index is 0.288. The number of H-pyrrole nitrogens is 1. The number of benzene rings is 1. The Morgan fingerprint density at radius 1 is 1.07 bits per heavy atom. The maximum Gasteiger partial charge on any atom is 0.244 e. The average molecular weight is 442 g/mol. The monoisotopic (exact) mass is 441 g/mol. The molecule has 1 aromatic carbocycles. The molecule has 4 aromatic rings. The number of rotatable bonds is 4. The minimum atomic E-state index is -3.45. The molecule has 1 aliphatic rings. The van der Waals surface area contributed by atoms with Gasteiger partial charge in [0.2, 0.25) is 10.0 Å². The maximum absolute atomic E-state index is 12.7. The molecule has 0 radical (unpaired) electrons. The predicted molar refractivity (Wildman–Crippen MR) is 117 cm³/mol. The molecular formula is C19H19N7O2S2. The molecule has 1 aliphatic heterocycles. The minimum Gasteiger partial charge on any atom is -0.382 e. The molecule has 3 aromatic heterocycles. The summed E-state index contributed by atoms with van der Waals surface area (Å²) in [5, 5.41) is 3.43. The zero-order chi connectivity index (χ0) is 20.7. The summed E-state index contributed by atoms with van der Waals surface area (Å²) in [6.45, 7) is 1.79. The lowest BCUT2D eigenvalue weighted by atomic mass is 10.3. The number of para-hydroxylation sites is 2. The SMILES string of the molecule is Nc1ncc(N2CCN(S(=O)(=O)c3ccsc3)CC2)nc1-c1nc2ccccc2[nH]1. The number of anilines is 2. The van der Waals surface area contributed by atoms with E-state index in [0.717, 1.165) is 11.0 Å². The highest BCUT2D eigenvalue weighted by molar-refractivity contribution is 7.89. The Morgan fingerprint density at radius 3 is 2.60 bits per heavy atom. The first-order valence-corrected chi connectivity index (χ1v) is 11.8. The third-order valence-corrected chi connectivity index (χ3v) is 7.82. The number of aromatic nitrogens is 4. The highest BCUT2D eigenvalue weighted by Crippen LogP contribution is 2.26. The first-order chi connectivity index (χ1) is 14.5. The molecule has 0 amide bonds. The zero-order valence-corrected chi connectivity index (χ0v) is 17.5. The van der Waals surface area contributed by atoms with E-state index in [2.05, 4.69) is 19.9 Å². The number of hydrogen-bond donors (Lipinski definition) is 2. The van der Waals surface area contributed by atoms with Crippen LogP contribution in [-0.4, -0.2) is 58.8 Å². The molecule has 4 heterocycles. The Hall–Kier alpha value is -3.02. The van der Waals surface area contributed by atoms with Gasteiger partial charge in [0.1, 0.15) is 5.82 Å². The van der Waals surface area contributed by atoms with Crippen LogP contribution in [0, 0.1) is 0 Å². The third-order valence-electron chi connectivity index (χ3n) is 5.10. The Balaban J connectivity index is 1.38. The summed E-state index contributed by atoms with van der Waals surface area (Å²) in [5.41, 5.74) is 8.27. The van der Waals surface area contributed by atoms with Crippen molar-refractivity contribution in [3.05, 3.63) is 47.3 Å². The highest BCUT2D eigenvalue weighted by Gasteiger charge is 2.29. The molecule has 11 heteroatoms. The van der Waals surface area contributed by atoms with Crippen molar-refractivity contribution in [2.24, 2.45) is 0 Å². The zero-order valence-electron chi connectivity index (χ0n) is 15.9. The average Bonchev–Trinajstić information content (AvgIpc) is 3.44. The standard InChI is InChI=1S/C19H19N7O2S2/c20-18-17(19-22-14-3-1-2-4-15(14)23-19)24-16(11-21-18)25-6-8-26(9-7-25)30(27,28)13-5-10-29-12-13/h1-5,10-12H,6-9H2,(H2,20,21)(H,22,23). The molecular weight excluding hydrogens is 422 g/mol. The van der Waals surface area contributed by atoms with Crippen LogP contribution in [0.5, 0.6) is 0 Å². The van der Waals surface area contributed by atoms with E-state index >= 15 is 0 Å². The quantitative estimate of drug-likeness (QED) is 0.498. The number of hydrogen-bond acceptors (Lipinski definition) is 8. The van der Waals surface area contributed by atoms with Gasteiger partial charge in [-0.05, 0) is 23.6 Å². The summed E-state index contributed by atoms with van der Waals surface area (Å²) in [4.78, 5) is 19.1. The van der Waals surface area contributed by atoms with Crippen LogP contribution in [0.25, 0.3) is 22.6 Å². The predicted octanol–water partition coefficient (Wildman–Crippen LogP) is 2.17. The van der Waals surface area contributed by atoms with E-state index in [-0.39, 0.29) is 5.82 Å². The van der Waals surface area contributed by atoms with Crippen LogP contribution in [0.15, 0.2) is 52.2 Å². The van der Waals surface area contributed by atoms with Crippen molar-refractivity contribution in [1.82, 2.24) is 24.2 Å². The van der Waals surface area contributed by atoms with Crippen molar-refractivity contribution in [1.29, 1.82) is 0 Å². The van der Waals surface area contributed by atoms with Gasteiger partial charge in [-0.15, -0.1) is 0 Å². The van der Waals surface area contributed by atoms with E-state index in [1.165, 1.54) is 15.6 Å². The molecule has 0 unspecified atom stereocenters. The summed E-state index contributed by atoms with van der Waals surface area (Å²) in [5.74, 6) is 1.49. The number of thiophene rings is 1. The van der Waals surface area contributed by atoms with Crippen LogP contribution in [-0.2, 0) is 10.0 Å². The van der Waals surface area contributed by atoms with Crippen LogP contribution in [0.2, 0.25) is 0 Å². The van der Waals surface area contributed by atoms with E-state index in [1.807, 2.05) is 29.2 Å². The molecule has 0 bridgehead atoms. The molecule has 3 N–H and O–H groups in total. The second-order valence-electron chi connectivity index (χ2n) is 6.91. The van der Waals surface area contributed by atoms with Gasteiger partial charge < -0.3 is 15.6 Å². The molecule has 0 atom stereocenters. The van der Waals surface area contributed by atoms with Gasteiger partial charge in [-0.1, -0.05) is 12.1 Å². The van der Waals surface area contributed by atoms with Crippen molar-refractivity contribution in [2.75, 3.05) is 36.8 Å². The van der Waals surface area contributed by atoms with E-state index in [9.17, 15) is 8.42 Å². The van der Waals surface area contributed by atoms with Crippen LogP contribution in [0.4, 0.5) is 11.6 Å². The number of piperazine rings is 1. The topological polar surface area (TPSA) is 121 Å². The fraction of sp³-hybridized carbons (Fsp3) is 0.211. The van der Waals surface area contributed by atoms with Gasteiger partial charge in [-0.25, -0.2) is 23.4 Å². The van der Waals surface area contributed by atoms with E-state index in [1.54, 1.807) is 23.0 Å². The van der Waals surface area contributed by atoms with Crippen LogP contribution >= 0.6 is 11.3 Å². The number of sulfonamides is 1. The van der Waals surface area contributed by atoms with Crippen molar-refractivity contribution >= 4 is 44.0 Å². The fourth-order valence-corrected chi connectivity index (χ4v) is 5.92. The lowest BCUT2D eigenvalue weighted by Gasteiger charge is -2.34. The van der Waals surface area contributed by atoms with Crippen molar-refractivity contribution in [3.63, 3.8) is 0 Å². The van der Waals surface area contributed by atoms with Gasteiger partial charge in [-0.2, -0.15) is 15.6 Å². The molecule has 0 saturated carbocycles. The fourth-order valence-electron chi connectivity index (χ4n) is 3.49. The molecule has 30 heavy (non-hydrogen) atoms. The Bertz CT molecular complexity index is 1260. The van der Waals surface area contributed by atoms with Crippen LogP contribution in [0.1, 0.15) is 0 Å². The van der Waals surface area contributed by atoms with Gasteiger partial charge in [0, 0.05) is 31.6 Å². The summed E-state index contributed by atoms with van der Waals surface area (Å²) in [6.07, 6.45) is 1.62. The number of imidazole rings is 1. The molecule has 9 nitrogen and oxygen atoms in total. The summed E-state index contributed by atoms with van der Waals surface area (Å²) >= 11 is 1.37. The van der Waals surface area contributed by atoms with Gasteiger partial charge in [0.15, 0.2) is 17.3 Å². The Morgan fingerprint density at radius 2 is 1.87 bits per heavy atom. The largest absolute Gasteiger partial charge is 0.382 e. The number of nitrogens with zero attached hydrogens (tertiary/aromatic N) is 5. The number of nitrogens with two attached hydrogens (primary N) is 1. The number of aromatic amines is 1. The number of nitrogens with one attached hydrogen (secondary N) is 1. The van der Waals surface area contributed by atoms with Crippen LogP contribution in [0.3, 0.4) is 0 Å². The lowest BCUT2D eigenvalue weighted by Crippen LogP contribution is -2.48. The Labute approximate surface area is 177 Å². The maximum atomic E-state index is 12.7. The van der Waals surface area contributed by atoms with E-state index < -0.39 is 10.0 Å². The van der Waals surface area contributed by atoms with E-state index in [4.69, 9.17) is 5.73 Å². The summed E-state index contributed by atoms with van der Waals surface area (Å²) in [6, 6.07) is 9.33. The highest BCUT2D eigenvalue weighted by atomic mass is 32.2.